The number of carbonyl (C=O) groups excluding carboxylic acids is 1. The third kappa shape index (κ3) is 1.73. The van der Waals surface area contributed by atoms with E-state index in [9.17, 15) is 4.79 Å². The topological polar surface area (TPSA) is 26.3 Å². The second-order valence-corrected chi connectivity index (χ2v) is 4.82. The Labute approximate surface area is 96.6 Å². The van der Waals surface area contributed by atoms with Gasteiger partial charge in [-0.2, -0.15) is 0 Å². The van der Waals surface area contributed by atoms with E-state index < -0.39 is 0 Å². The Morgan fingerprint density at radius 2 is 2.00 bits per heavy atom. The summed E-state index contributed by atoms with van der Waals surface area (Å²) in [7, 11) is 0. The molecule has 1 aromatic rings. The van der Waals surface area contributed by atoms with E-state index in [0.717, 1.165) is 12.2 Å². The van der Waals surface area contributed by atoms with Crippen molar-refractivity contribution >= 4 is 5.78 Å². The Morgan fingerprint density at radius 3 is 2.50 bits per heavy atom. The van der Waals surface area contributed by atoms with Crippen molar-refractivity contribution in [3.63, 3.8) is 0 Å². The molecule has 1 aliphatic carbocycles. The third-order valence-corrected chi connectivity index (χ3v) is 3.75. The van der Waals surface area contributed by atoms with E-state index in [1.165, 1.54) is 5.56 Å². The van der Waals surface area contributed by atoms with E-state index in [1.807, 2.05) is 45.0 Å². The Balaban J connectivity index is 2.06. The lowest BCUT2D eigenvalue weighted by Gasteiger charge is -2.44. The fraction of sp³-hybridized carbons (Fsp3) is 0.500. The molecule has 86 valence electrons. The Kier molecular flexibility index (Phi) is 2.75. The van der Waals surface area contributed by atoms with Crippen LogP contribution >= 0.6 is 0 Å². The van der Waals surface area contributed by atoms with E-state index in [4.69, 9.17) is 4.74 Å². The molecule has 1 saturated carbocycles. The van der Waals surface area contributed by atoms with E-state index in [1.54, 1.807) is 0 Å². The minimum absolute atomic E-state index is 0.0488. The monoisotopic (exact) mass is 218 g/mol. The van der Waals surface area contributed by atoms with Crippen LogP contribution in [0.4, 0.5) is 0 Å². The average molecular weight is 218 g/mol. The first-order valence-corrected chi connectivity index (χ1v) is 5.83. The lowest BCUT2D eigenvalue weighted by atomic mass is 9.64. The van der Waals surface area contributed by atoms with Crippen LogP contribution in [0.25, 0.3) is 0 Å². The molecule has 0 bridgehead atoms. The number of Topliss-reactive ketones (excluding diaryl/α,β-unsaturated/α-hetero) is 1. The highest BCUT2D eigenvalue weighted by molar-refractivity contribution is 5.92. The zero-order valence-electron chi connectivity index (χ0n) is 10.1. The largest absolute Gasteiger partial charge is 0.489 e. The maximum Gasteiger partial charge on any atom is 0.146 e. The molecular weight excluding hydrogens is 200 g/mol. The van der Waals surface area contributed by atoms with Gasteiger partial charge in [-0.3, -0.25) is 4.79 Å². The fourth-order valence-corrected chi connectivity index (χ4v) is 2.05. The van der Waals surface area contributed by atoms with Gasteiger partial charge >= 0.3 is 0 Å². The molecule has 1 aliphatic rings. The number of carbonyl (C=O) groups is 1. The summed E-state index contributed by atoms with van der Waals surface area (Å²) in [4.78, 5) is 11.6. The molecule has 2 atom stereocenters. The summed E-state index contributed by atoms with van der Waals surface area (Å²) in [5, 5.41) is 0. The maximum atomic E-state index is 11.6. The van der Waals surface area contributed by atoms with Gasteiger partial charge < -0.3 is 4.74 Å². The minimum atomic E-state index is -0.273. The summed E-state index contributed by atoms with van der Waals surface area (Å²) < 4.78 is 5.86. The van der Waals surface area contributed by atoms with Gasteiger partial charge in [-0.15, -0.1) is 0 Å². The summed E-state index contributed by atoms with van der Waals surface area (Å²) in [6.07, 6.45) is 1.45. The lowest BCUT2D eigenvalue weighted by molar-refractivity contribution is -0.150. The van der Waals surface area contributed by atoms with Gasteiger partial charge in [-0.25, -0.2) is 0 Å². The van der Waals surface area contributed by atoms with Crippen LogP contribution in [-0.4, -0.2) is 11.9 Å². The number of hydrogen-bond acceptors (Lipinski definition) is 2. The predicted octanol–water partition coefficient (Wildman–Crippen LogP) is 3.13. The minimum Gasteiger partial charge on any atom is -0.489 e. The third-order valence-electron chi connectivity index (χ3n) is 3.75. The van der Waals surface area contributed by atoms with Gasteiger partial charge in [0.1, 0.15) is 17.6 Å². The first-order chi connectivity index (χ1) is 7.56. The molecule has 2 heteroatoms. The number of ketones is 1. The quantitative estimate of drug-likeness (QED) is 0.779. The zero-order valence-corrected chi connectivity index (χ0v) is 10.1. The standard InChI is InChI=1S/C14H18O2/c1-4-14(3)12(15)9-13(14)16-11-7-5-10(2)6-8-11/h5-8,13H,4,9H2,1-3H3. The van der Waals surface area contributed by atoms with Crippen LogP contribution in [0, 0.1) is 12.3 Å². The predicted molar refractivity (Wildman–Crippen MR) is 63.6 cm³/mol. The highest BCUT2D eigenvalue weighted by Gasteiger charge is 2.51. The molecule has 0 radical (unpaired) electrons. The molecule has 0 aromatic heterocycles. The Morgan fingerprint density at radius 1 is 1.38 bits per heavy atom. The molecule has 2 unspecified atom stereocenters. The van der Waals surface area contributed by atoms with E-state index in [-0.39, 0.29) is 11.5 Å². The van der Waals surface area contributed by atoms with Gasteiger partial charge in [0.25, 0.3) is 0 Å². The second-order valence-electron chi connectivity index (χ2n) is 4.82. The lowest BCUT2D eigenvalue weighted by Crippen LogP contribution is -2.54. The average Bonchev–Trinajstić information content (AvgIpc) is 2.30. The molecule has 0 saturated heterocycles. The van der Waals surface area contributed by atoms with Crippen molar-refractivity contribution in [2.75, 3.05) is 0 Å². The Hall–Kier alpha value is -1.31. The van der Waals surface area contributed by atoms with Gasteiger partial charge in [0.15, 0.2) is 0 Å². The van der Waals surface area contributed by atoms with Gasteiger partial charge in [0.2, 0.25) is 0 Å². The van der Waals surface area contributed by atoms with Crippen LogP contribution in [0.1, 0.15) is 32.3 Å². The first-order valence-electron chi connectivity index (χ1n) is 5.83. The van der Waals surface area contributed by atoms with Crippen LogP contribution in [0.3, 0.4) is 0 Å². The molecule has 16 heavy (non-hydrogen) atoms. The highest BCUT2D eigenvalue weighted by atomic mass is 16.5. The van der Waals surface area contributed by atoms with Gasteiger partial charge in [0.05, 0.1) is 5.41 Å². The molecule has 0 N–H and O–H groups in total. The van der Waals surface area contributed by atoms with E-state index >= 15 is 0 Å². The number of hydrogen-bond donors (Lipinski definition) is 0. The zero-order chi connectivity index (χ0) is 11.8. The number of rotatable bonds is 3. The normalized spacial score (nSPS) is 28.7. The molecule has 1 fully saturated rings. The van der Waals surface area contributed by atoms with Crippen molar-refractivity contribution in [1.29, 1.82) is 0 Å². The number of ether oxygens (including phenoxy) is 1. The van der Waals surface area contributed by atoms with Crippen LogP contribution in [0.5, 0.6) is 5.75 Å². The van der Waals surface area contributed by atoms with Crippen LogP contribution in [0.2, 0.25) is 0 Å². The van der Waals surface area contributed by atoms with Gasteiger partial charge in [-0.1, -0.05) is 24.6 Å². The van der Waals surface area contributed by atoms with Crippen LogP contribution in [0.15, 0.2) is 24.3 Å². The summed E-state index contributed by atoms with van der Waals surface area (Å²) in [6, 6.07) is 7.99. The molecule has 0 spiro atoms. The van der Waals surface area contributed by atoms with Crippen molar-refractivity contribution < 1.29 is 9.53 Å². The van der Waals surface area contributed by atoms with Crippen molar-refractivity contribution in [3.8, 4) is 5.75 Å². The number of aryl methyl sites for hydroxylation is 1. The first kappa shape index (κ1) is 11.2. The van der Waals surface area contributed by atoms with Crippen molar-refractivity contribution in [3.05, 3.63) is 29.8 Å². The van der Waals surface area contributed by atoms with E-state index in [0.29, 0.717) is 12.2 Å². The van der Waals surface area contributed by atoms with E-state index in [2.05, 4.69) is 0 Å². The van der Waals surface area contributed by atoms with Crippen molar-refractivity contribution in [1.82, 2.24) is 0 Å². The Bertz CT molecular complexity index is 394. The summed E-state index contributed by atoms with van der Waals surface area (Å²) in [5.41, 5.74) is 0.945. The molecule has 1 aromatic carbocycles. The summed E-state index contributed by atoms with van der Waals surface area (Å²) in [6.45, 7) is 6.09. The smallest absolute Gasteiger partial charge is 0.146 e. The fourth-order valence-electron chi connectivity index (χ4n) is 2.05. The molecule has 0 aliphatic heterocycles. The molecule has 2 rings (SSSR count). The molecule has 0 amide bonds. The summed E-state index contributed by atoms with van der Waals surface area (Å²) >= 11 is 0. The highest BCUT2D eigenvalue weighted by Crippen LogP contribution is 2.42. The number of benzene rings is 1. The van der Waals surface area contributed by atoms with Gasteiger partial charge in [0, 0.05) is 6.42 Å². The molecule has 2 nitrogen and oxygen atoms in total. The molecule has 0 heterocycles. The SMILES string of the molecule is CCC1(C)C(=O)CC1Oc1ccc(C)cc1. The van der Waals surface area contributed by atoms with Crippen LogP contribution in [-0.2, 0) is 4.79 Å². The van der Waals surface area contributed by atoms with Crippen molar-refractivity contribution in [2.24, 2.45) is 5.41 Å². The maximum absolute atomic E-state index is 11.6. The molecular formula is C14H18O2. The van der Waals surface area contributed by atoms with Crippen LogP contribution < -0.4 is 4.74 Å². The summed E-state index contributed by atoms with van der Waals surface area (Å²) in [5.74, 6) is 1.19. The van der Waals surface area contributed by atoms with Crippen molar-refractivity contribution in [2.45, 2.75) is 39.7 Å². The van der Waals surface area contributed by atoms with Gasteiger partial charge in [-0.05, 0) is 32.4 Å². The second kappa shape index (κ2) is 3.93.